The van der Waals surface area contributed by atoms with Crippen LogP contribution < -0.4 is 20.5 Å². The van der Waals surface area contributed by atoms with Crippen LogP contribution in [0, 0.1) is 0 Å². The Labute approximate surface area is 148 Å². The van der Waals surface area contributed by atoms with E-state index in [1.807, 2.05) is 59.9 Å². The summed E-state index contributed by atoms with van der Waals surface area (Å²) < 4.78 is 12.1. The van der Waals surface area contributed by atoms with Gasteiger partial charge in [-0.2, -0.15) is 5.43 Å². The van der Waals surface area contributed by atoms with E-state index in [0.717, 1.165) is 30.2 Å². The number of hydrazone groups is 1. The normalized spacial score (nSPS) is 14.2. The molecule has 1 aromatic carbocycles. The Morgan fingerprint density at radius 1 is 1.32 bits per heavy atom. The average molecular weight is 342 g/mol. The lowest BCUT2D eigenvalue weighted by molar-refractivity contribution is -0.680. The van der Waals surface area contributed by atoms with E-state index >= 15 is 0 Å². The van der Waals surface area contributed by atoms with Crippen molar-refractivity contribution in [1.82, 2.24) is 9.99 Å². The maximum Gasteiger partial charge on any atom is 0.367 e. The second-order valence-electron chi connectivity index (χ2n) is 6.24. The molecule has 2 heterocycles. The number of hydrogen-bond acceptors (Lipinski definition) is 2. The maximum atomic E-state index is 5.97. The zero-order chi connectivity index (χ0) is 17.6. The van der Waals surface area contributed by atoms with Crippen molar-refractivity contribution in [2.45, 2.75) is 19.4 Å². The van der Waals surface area contributed by atoms with Crippen LogP contribution in [0.1, 0.15) is 24.2 Å². The highest BCUT2D eigenvalue weighted by molar-refractivity contribution is 5.81. The van der Waals surface area contributed by atoms with Gasteiger partial charge in [0.15, 0.2) is 6.61 Å². The molecule has 0 amide bonds. The number of hydrogen-bond donors (Lipinski definition) is 2. The molecular formula is C18H26N6O+2. The maximum absolute atomic E-state index is 5.97. The van der Waals surface area contributed by atoms with Gasteiger partial charge < -0.3 is 4.74 Å². The van der Waals surface area contributed by atoms with Crippen LogP contribution in [0.3, 0.4) is 0 Å². The van der Waals surface area contributed by atoms with Crippen molar-refractivity contribution < 1.29 is 13.9 Å². The van der Waals surface area contributed by atoms with Gasteiger partial charge in [-0.3, -0.25) is 10.3 Å². The number of rotatable bonds is 5. The summed E-state index contributed by atoms with van der Waals surface area (Å²) in [5.41, 5.74) is 9.85. The lowest BCUT2D eigenvalue weighted by Gasteiger charge is -2.04. The van der Waals surface area contributed by atoms with Gasteiger partial charge in [-0.15, -0.1) is 5.10 Å². The third-order valence-corrected chi connectivity index (χ3v) is 4.42. The Balaban J connectivity index is 1.53. The predicted octanol–water partition coefficient (Wildman–Crippen LogP) is 0.473. The van der Waals surface area contributed by atoms with Crippen LogP contribution in [0.4, 0.5) is 0 Å². The largest absolute Gasteiger partial charge is 0.481 e. The Hall–Kier alpha value is -2.83. The van der Waals surface area contributed by atoms with Crippen LogP contribution in [0.15, 0.2) is 41.8 Å². The van der Waals surface area contributed by atoms with Gasteiger partial charge >= 0.3 is 5.96 Å². The van der Waals surface area contributed by atoms with Crippen LogP contribution in [-0.4, -0.2) is 34.4 Å². The molecule has 1 fully saturated rings. The number of nitrogens with two attached hydrogens (primary N) is 1. The number of aromatic nitrogens is 2. The standard InChI is InChI=1S/C18H25N6O/c1-22-11-12-23(2)17(22)14-25-16-7-5-15(6-8-16)13-20-21-18(19)24-9-3-4-10-24/h5-8,11-13H,3-4,9-10,14H2,1-2H3,(H2,19,21)/q+1/p+1/b20-13-. The molecule has 0 radical (unpaired) electrons. The molecule has 0 bridgehead atoms. The number of nitrogens with one attached hydrogen (secondary N) is 1. The van der Waals surface area contributed by atoms with Crippen molar-refractivity contribution in [3.8, 4) is 5.75 Å². The van der Waals surface area contributed by atoms with E-state index in [-0.39, 0.29) is 0 Å². The summed E-state index contributed by atoms with van der Waals surface area (Å²) in [6.07, 6.45) is 8.15. The first-order valence-corrected chi connectivity index (χ1v) is 8.52. The van der Waals surface area contributed by atoms with E-state index in [1.54, 1.807) is 6.21 Å². The highest BCUT2D eigenvalue weighted by Crippen LogP contribution is 2.12. The second kappa shape index (κ2) is 7.83. The number of aryl methyl sites for hydroxylation is 2. The second-order valence-corrected chi connectivity index (χ2v) is 6.24. The summed E-state index contributed by atoms with van der Waals surface area (Å²) in [4.78, 5) is 0. The molecule has 0 saturated carbocycles. The minimum Gasteiger partial charge on any atom is -0.481 e. The molecule has 0 aliphatic carbocycles. The first-order valence-electron chi connectivity index (χ1n) is 8.52. The van der Waals surface area contributed by atoms with Crippen LogP contribution in [0.2, 0.25) is 0 Å². The Bertz CT molecular complexity index is 748. The topological polar surface area (TPSA) is 71.5 Å². The number of benzene rings is 1. The van der Waals surface area contributed by atoms with Gasteiger partial charge in [0.25, 0.3) is 5.82 Å². The fourth-order valence-electron chi connectivity index (χ4n) is 2.82. The molecule has 0 spiro atoms. The summed E-state index contributed by atoms with van der Waals surface area (Å²) in [6, 6.07) is 7.82. The molecular weight excluding hydrogens is 316 g/mol. The van der Waals surface area contributed by atoms with Gasteiger partial charge in [0.2, 0.25) is 0 Å². The Morgan fingerprint density at radius 2 is 2.04 bits per heavy atom. The van der Waals surface area contributed by atoms with Gasteiger partial charge in [-0.05, 0) is 42.7 Å². The molecule has 0 atom stereocenters. The molecule has 1 saturated heterocycles. The molecule has 3 rings (SSSR count). The molecule has 0 unspecified atom stereocenters. The van der Waals surface area contributed by atoms with Gasteiger partial charge in [0.05, 0.1) is 33.4 Å². The first kappa shape index (κ1) is 17.0. The summed E-state index contributed by atoms with van der Waals surface area (Å²) in [5, 5.41) is 4.20. The number of ether oxygens (including phenoxy) is 1. The van der Waals surface area contributed by atoms with Crippen LogP contribution in [0.5, 0.6) is 5.75 Å². The monoisotopic (exact) mass is 342 g/mol. The first-order chi connectivity index (χ1) is 12.1. The predicted molar refractivity (Wildman–Crippen MR) is 96.5 cm³/mol. The smallest absolute Gasteiger partial charge is 0.367 e. The van der Waals surface area contributed by atoms with Crippen molar-refractivity contribution in [3.05, 3.63) is 48.0 Å². The zero-order valence-electron chi connectivity index (χ0n) is 14.9. The van der Waals surface area contributed by atoms with Gasteiger partial charge in [0.1, 0.15) is 18.1 Å². The lowest BCUT2D eigenvalue weighted by Crippen LogP contribution is -2.37. The minimum atomic E-state index is 0.524. The van der Waals surface area contributed by atoms with Crippen molar-refractivity contribution in [1.29, 1.82) is 0 Å². The van der Waals surface area contributed by atoms with Crippen molar-refractivity contribution in [2.75, 3.05) is 13.1 Å². The fourth-order valence-corrected chi connectivity index (χ4v) is 2.82. The molecule has 1 aliphatic heterocycles. The Kier molecular flexibility index (Phi) is 5.33. The van der Waals surface area contributed by atoms with Crippen molar-refractivity contribution in [3.63, 3.8) is 0 Å². The molecule has 7 heteroatoms. The highest BCUT2D eigenvalue weighted by atomic mass is 16.5. The molecule has 1 aromatic heterocycles. The zero-order valence-corrected chi connectivity index (χ0v) is 14.9. The SMILES string of the molecule is Cn1cc[n+](C)c1COc1ccc(/C=N\NC(N)=[N+]2CCCC2)cc1. The summed E-state index contributed by atoms with van der Waals surface area (Å²) in [5.74, 6) is 2.54. The van der Waals surface area contributed by atoms with Crippen molar-refractivity contribution in [2.24, 2.45) is 24.9 Å². The third kappa shape index (κ3) is 4.37. The van der Waals surface area contributed by atoms with Gasteiger partial charge in [0, 0.05) is 0 Å². The molecule has 7 nitrogen and oxygen atoms in total. The number of guanidine groups is 1. The van der Waals surface area contributed by atoms with E-state index in [1.165, 1.54) is 12.8 Å². The van der Waals surface area contributed by atoms with Crippen LogP contribution in [0.25, 0.3) is 0 Å². The summed E-state index contributed by atoms with van der Waals surface area (Å²) >= 11 is 0. The number of nitrogens with zero attached hydrogens (tertiary/aromatic N) is 4. The van der Waals surface area contributed by atoms with E-state index < -0.39 is 0 Å². The fraction of sp³-hybridized carbons (Fsp3) is 0.389. The van der Waals surface area contributed by atoms with E-state index in [9.17, 15) is 0 Å². The molecule has 2 aromatic rings. The average Bonchev–Trinajstić information content (AvgIpc) is 3.25. The summed E-state index contributed by atoms with van der Waals surface area (Å²) in [6.45, 7) is 2.52. The van der Waals surface area contributed by atoms with E-state index in [2.05, 4.69) is 15.1 Å². The molecule has 25 heavy (non-hydrogen) atoms. The lowest BCUT2D eigenvalue weighted by atomic mass is 10.2. The highest BCUT2D eigenvalue weighted by Gasteiger charge is 2.13. The van der Waals surface area contributed by atoms with Crippen LogP contribution >= 0.6 is 0 Å². The van der Waals surface area contributed by atoms with Crippen LogP contribution in [-0.2, 0) is 20.7 Å². The quantitative estimate of drug-likeness (QED) is 0.359. The van der Waals surface area contributed by atoms with Crippen molar-refractivity contribution >= 4 is 12.2 Å². The molecule has 3 N–H and O–H groups in total. The molecule has 1 aliphatic rings. The third-order valence-electron chi connectivity index (χ3n) is 4.42. The van der Waals surface area contributed by atoms with E-state index in [4.69, 9.17) is 10.5 Å². The van der Waals surface area contributed by atoms with Gasteiger partial charge in [-0.1, -0.05) is 0 Å². The van der Waals surface area contributed by atoms with Gasteiger partial charge in [-0.25, -0.2) is 9.13 Å². The minimum absolute atomic E-state index is 0.524. The number of imidazole rings is 1. The summed E-state index contributed by atoms with van der Waals surface area (Å²) in [7, 11) is 4.02. The Morgan fingerprint density at radius 3 is 2.68 bits per heavy atom. The van der Waals surface area contributed by atoms with E-state index in [0.29, 0.717) is 12.6 Å². The molecule has 132 valence electrons.